The third-order valence-electron chi connectivity index (χ3n) is 7.22. The zero-order valence-corrected chi connectivity index (χ0v) is 21.3. The Labute approximate surface area is 223 Å². The van der Waals surface area contributed by atoms with Crippen LogP contribution in [0.4, 0.5) is 11.5 Å². The number of hydrogen-bond acceptors (Lipinski definition) is 6. The first-order chi connectivity index (χ1) is 18.3. The second-order valence-electron chi connectivity index (χ2n) is 9.71. The van der Waals surface area contributed by atoms with Crippen LogP contribution < -0.4 is 10.6 Å². The van der Waals surface area contributed by atoms with Crippen molar-refractivity contribution in [3.8, 4) is 0 Å². The van der Waals surface area contributed by atoms with Gasteiger partial charge in [-0.05, 0) is 68.9 Å². The van der Waals surface area contributed by atoms with E-state index in [0.717, 1.165) is 25.9 Å². The number of pyridine rings is 1. The number of benzene rings is 1. The van der Waals surface area contributed by atoms with Gasteiger partial charge in [0.05, 0.1) is 10.6 Å². The van der Waals surface area contributed by atoms with Gasteiger partial charge < -0.3 is 25.1 Å². The predicted molar refractivity (Wildman–Crippen MR) is 140 cm³/mol. The molecule has 11 heteroatoms. The van der Waals surface area contributed by atoms with Crippen molar-refractivity contribution in [3.63, 3.8) is 0 Å². The van der Waals surface area contributed by atoms with Gasteiger partial charge in [0, 0.05) is 36.5 Å². The molecule has 3 amide bonds. The van der Waals surface area contributed by atoms with Crippen LogP contribution in [0.5, 0.6) is 0 Å². The zero-order chi connectivity index (χ0) is 26.8. The van der Waals surface area contributed by atoms with Gasteiger partial charge in [0.25, 0.3) is 5.91 Å². The Bertz CT molecular complexity index is 1390. The molecule has 1 aromatic carbocycles. The Morgan fingerprint density at radius 2 is 1.68 bits per heavy atom. The summed E-state index contributed by atoms with van der Waals surface area (Å²) < 4.78 is 5.76. The highest BCUT2D eigenvalue weighted by atomic mass is 35.5. The summed E-state index contributed by atoms with van der Waals surface area (Å²) in [6.45, 7) is 1.61. The van der Waals surface area contributed by atoms with Crippen LogP contribution in [0.25, 0.3) is 11.0 Å². The van der Waals surface area contributed by atoms with Gasteiger partial charge >= 0.3 is 5.97 Å². The number of nitrogens with one attached hydrogen (secondary N) is 2. The lowest BCUT2D eigenvalue weighted by molar-refractivity contribution is -0.136. The Morgan fingerprint density at radius 3 is 2.34 bits per heavy atom. The third-order valence-corrected chi connectivity index (χ3v) is 7.45. The lowest BCUT2D eigenvalue weighted by atomic mass is 9.81. The molecule has 1 aliphatic carbocycles. The quantitative estimate of drug-likeness (QED) is 0.409. The molecular weight excluding hydrogens is 512 g/mol. The number of furan rings is 1. The molecule has 0 radical (unpaired) electrons. The Balaban J connectivity index is 1.36. The molecule has 3 heterocycles. The molecule has 0 unspecified atom stereocenters. The summed E-state index contributed by atoms with van der Waals surface area (Å²) in [6, 6.07) is 7.25. The van der Waals surface area contributed by atoms with Crippen LogP contribution >= 0.6 is 11.6 Å². The third kappa shape index (κ3) is 5.35. The number of halogens is 1. The average Bonchev–Trinajstić information content (AvgIpc) is 3.58. The van der Waals surface area contributed by atoms with Crippen molar-refractivity contribution < 1.29 is 28.7 Å². The van der Waals surface area contributed by atoms with E-state index in [1.54, 1.807) is 6.07 Å². The van der Waals surface area contributed by atoms with Gasteiger partial charge in [0.2, 0.25) is 17.6 Å². The minimum Gasteiger partial charge on any atom is -0.478 e. The number of hydrogen-bond donors (Lipinski definition) is 3. The molecule has 10 nitrogen and oxygen atoms in total. The fourth-order valence-electron chi connectivity index (χ4n) is 5.16. The molecule has 2 aliphatic rings. The summed E-state index contributed by atoms with van der Waals surface area (Å²) in [5.74, 6) is -2.31. The first-order valence-corrected chi connectivity index (χ1v) is 13.0. The van der Waals surface area contributed by atoms with Gasteiger partial charge in [0.1, 0.15) is 17.1 Å². The van der Waals surface area contributed by atoms with Crippen LogP contribution in [0, 0.1) is 11.8 Å². The van der Waals surface area contributed by atoms with Crippen molar-refractivity contribution in [2.45, 2.75) is 38.5 Å². The van der Waals surface area contributed by atoms with Gasteiger partial charge in [-0.2, -0.15) is 0 Å². The van der Waals surface area contributed by atoms with Crippen LogP contribution in [0.2, 0.25) is 5.02 Å². The maximum Gasteiger partial charge on any atom is 0.335 e. The number of anilines is 2. The highest BCUT2D eigenvalue weighted by Crippen LogP contribution is 2.35. The molecule has 0 bridgehead atoms. The van der Waals surface area contributed by atoms with Crippen LogP contribution in [-0.2, 0) is 9.59 Å². The minimum absolute atomic E-state index is 0.0129. The molecule has 3 aromatic rings. The zero-order valence-electron chi connectivity index (χ0n) is 20.5. The highest BCUT2D eigenvalue weighted by Gasteiger charge is 2.34. The van der Waals surface area contributed by atoms with Crippen LogP contribution in [-0.4, -0.2) is 51.8 Å². The molecule has 2 fully saturated rings. The van der Waals surface area contributed by atoms with Crippen LogP contribution in [0.3, 0.4) is 0 Å². The average molecular weight is 539 g/mol. The number of aromatic carboxylic acids is 1. The lowest BCUT2D eigenvalue weighted by Crippen LogP contribution is -2.37. The number of likely N-dealkylation sites (tertiary alicyclic amines) is 1. The van der Waals surface area contributed by atoms with E-state index < -0.39 is 11.9 Å². The fraction of sp³-hybridized carbons (Fsp3) is 0.370. The van der Waals surface area contributed by atoms with Gasteiger partial charge in [-0.25, -0.2) is 9.78 Å². The lowest BCUT2D eigenvalue weighted by Gasteiger charge is -2.29. The monoisotopic (exact) mass is 538 g/mol. The summed E-state index contributed by atoms with van der Waals surface area (Å²) >= 11 is 5.86. The standard InChI is InChI=1S/C27H27ClN4O6/c28-18-8-10-21(29-14-18)30-25(34)23-22(19-13-17(27(36)37)7-9-20(19)38-23)31-24(33)15-3-5-16(6-4-15)26(35)32-11-1-2-12-32/h7-10,13-16H,1-6,11-12H2,(H,31,33)(H,36,37)(H,29,30,34)/t15-,16-. The van der Waals surface area contributed by atoms with E-state index in [4.69, 9.17) is 16.0 Å². The Kier molecular flexibility index (Phi) is 7.33. The number of nitrogens with zero attached hydrogens (tertiary/aromatic N) is 2. The predicted octanol–water partition coefficient (Wildman–Crippen LogP) is 4.80. The molecule has 2 aromatic heterocycles. The first-order valence-electron chi connectivity index (χ1n) is 12.6. The minimum atomic E-state index is -1.15. The molecular formula is C27H27ClN4O6. The Morgan fingerprint density at radius 1 is 0.974 bits per heavy atom. The number of carboxylic acids is 1. The molecule has 38 heavy (non-hydrogen) atoms. The number of carboxylic acid groups (broad SMARTS) is 1. The van der Waals surface area contributed by atoms with E-state index >= 15 is 0 Å². The van der Waals surface area contributed by atoms with Crippen molar-refractivity contribution in [3.05, 3.63) is 52.9 Å². The summed E-state index contributed by atoms with van der Waals surface area (Å²) in [4.78, 5) is 56.7. The molecule has 0 spiro atoms. The van der Waals surface area contributed by atoms with E-state index in [-0.39, 0.29) is 52.1 Å². The molecule has 5 rings (SSSR count). The SMILES string of the molecule is O=C(O)c1ccc2oc(C(=O)Nc3ccc(Cl)cn3)c(NC(=O)[C@H]3CC[C@H](C(=O)N4CCCC4)CC3)c2c1. The molecule has 198 valence electrons. The normalized spacial score (nSPS) is 19.3. The van der Waals surface area contributed by atoms with Crippen molar-refractivity contribution in [2.75, 3.05) is 23.7 Å². The molecule has 0 atom stereocenters. The van der Waals surface area contributed by atoms with Crippen LogP contribution in [0.15, 0.2) is 40.9 Å². The molecule has 1 aliphatic heterocycles. The van der Waals surface area contributed by atoms with E-state index in [2.05, 4.69) is 15.6 Å². The van der Waals surface area contributed by atoms with Gasteiger partial charge in [0.15, 0.2) is 0 Å². The van der Waals surface area contributed by atoms with E-state index in [1.165, 1.54) is 30.5 Å². The molecule has 3 N–H and O–H groups in total. The van der Waals surface area contributed by atoms with E-state index in [0.29, 0.717) is 36.1 Å². The summed E-state index contributed by atoms with van der Waals surface area (Å²) in [5.41, 5.74) is 0.329. The van der Waals surface area contributed by atoms with Crippen molar-refractivity contribution in [1.29, 1.82) is 0 Å². The number of aromatic nitrogens is 1. The number of carbonyl (C=O) groups is 4. The highest BCUT2D eigenvalue weighted by molar-refractivity contribution is 6.30. The largest absolute Gasteiger partial charge is 0.478 e. The van der Waals surface area contributed by atoms with Gasteiger partial charge in [-0.1, -0.05) is 11.6 Å². The van der Waals surface area contributed by atoms with Crippen molar-refractivity contribution in [1.82, 2.24) is 9.88 Å². The topological polar surface area (TPSA) is 142 Å². The van der Waals surface area contributed by atoms with Gasteiger partial charge in [-0.3, -0.25) is 14.4 Å². The second kappa shape index (κ2) is 10.8. The van der Waals surface area contributed by atoms with E-state index in [9.17, 15) is 24.3 Å². The van der Waals surface area contributed by atoms with E-state index in [1.807, 2.05) is 4.90 Å². The summed E-state index contributed by atoms with van der Waals surface area (Å²) in [5, 5.41) is 15.6. The first kappa shape index (κ1) is 25.7. The van der Waals surface area contributed by atoms with Crippen molar-refractivity contribution in [2.24, 2.45) is 11.8 Å². The maximum absolute atomic E-state index is 13.3. The van der Waals surface area contributed by atoms with Crippen LogP contribution in [0.1, 0.15) is 59.4 Å². The molecule has 1 saturated carbocycles. The van der Waals surface area contributed by atoms with Gasteiger partial charge in [-0.15, -0.1) is 0 Å². The number of rotatable bonds is 6. The second-order valence-corrected chi connectivity index (χ2v) is 10.1. The smallest absolute Gasteiger partial charge is 0.335 e. The fourth-order valence-corrected chi connectivity index (χ4v) is 5.27. The summed E-state index contributed by atoms with van der Waals surface area (Å²) in [6.07, 6.45) is 5.79. The number of carbonyl (C=O) groups excluding carboxylic acids is 3. The molecule has 1 saturated heterocycles. The number of amides is 3. The number of fused-ring (bicyclic) bond motifs is 1. The maximum atomic E-state index is 13.3. The summed E-state index contributed by atoms with van der Waals surface area (Å²) in [7, 11) is 0. The Hall–Kier alpha value is -3.92. The van der Waals surface area contributed by atoms with Crippen molar-refractivity contribution >= 4 is 57.8 Å².